The average Bonchev–Trinajstić information content (AvgIpc) is 2.78. The van der Waals surface area contributed by atoms with Crippen LogP contribution < -0.4 is 5.32 Å². The van der Waals surface area contributed by atoms with E-state index < -0.39 is 29.0 Å². The summed E-state index contributed by atoms with van der Waals surface area (Å²) >= 11 is 0. The normalized spacial score (nSPS) is 19.9. The Morgan fingerprint density at radius 2 is 1.91 bits per heavy atom. The second kappa shape index (κ2) is 5.10. The van der Waals surface area contributed by atoms with Gasteiger partial charge in [0.2, 0.25) is 5.60 Å². The first-order chi connectivity index (χ1) is 10.5. The van der Waals surface area contributed by atoms with Crippen LogP contribution in [0.1, 0.15) is 18.1 Å². The average molecular weight is 308 g/mol. The van der Waals surface area contributed by atoms with Crippen LogP contribution >= 0.6 is 0 Å². The van der Waals surface area contributed by atoms with Crippen molar-refractivity contribution in [1.82, 2.24) is 4.98 Å². The van der Waals surface area contributed by atoms with E-state index in [4.69, 9.17) is 4.74 Å². The third-order valence-electron chi connectivity index (χ3n) is 3.49. The van der Waals surface area contributed by atoms with Crippen LogP contribution in [0.25, 0.3) is 0 Å². The van der Waals surface area contributed by atoms with Crippen molar-refractivity contribution in [1.29, 1.82) is 0 Å². The molecule has 1 atom stereocenters. The summed E-state index contributed by atoms with van der Waals surface area (Å²) in [6, 6.07) is 4.83. The van der Waals surface area contributed by atoms with E-state index in [0.29, 0.717) is 6.20 Å². The molecule has 4 nitrogen and oxygen atoms in total. The fraction of sp³-hybridized carbons (Fsp3) is 0.200. The molecule has 22 heavy (non-hydrogen) atoms. The molecule has 2 heterocycles. The van der Waals surface area contributed by atoms with Crippen LogP contribution in [-0.2, 0) is 15.1 Å². The summed E-state index contributed by atoms with van der Waals surface area (Å²) in [5, 5.41) is 2.38. The molecule has 1 unspecified atom stereocenters. The molecule has 0 saturated carbocycles. The number of aromatic nitrogens is 1. The van der Waals surface area contributed by atoms with E-state index in [9.17, 15) is 18.0 Å². The third kappa shape index (κ3) is 1.89. The molecule has 0 saturated heterocycles. The minimum atomic E-state index is -1.89. The SMILES string of the molecule is CCOC1(c2ccc(F)cc2)C(=O)Nc2ncc(F)c(F)c21. The number of carbonyl (C=O) groups is 1. The van der Waals surface area contributed by atoms with Gasteiger partial charge >= 0.3 is 0 Å². The smallest absolute Gasteiger partial charge is 0.267 e. The molecule has 1 aliphatic rings. The van der Waals surface area contributed by atoms with Crippen LogP contribution in [0.15, 0.2) is 30.5 Å². The second-order valence-corrected chi connectivity index (χ2v) is 4.72. The quantitative estimate of drug-likeness (QED) is 0.948. The molecular weight excluding hydrogens is 297 g/mol. The maximum Gasteiger partial charge on any atom is 0.267 e. The van der Waals surface area contributed by atoms with Gasteiger partial charge in [0.1, 0.15) is 11.6 Å². The molecule has 7 heteroatoms. The summed E-state index contributed by atoms with van der Waals surface area (Å²) in [6.45, 7) is 1.67. The van der Waals surface area contributed by atoms with Crippen molar-refractivity contribution in [2.24, 2.45) is 0 Å². The van der Waals surface area contributed by atoms with E-state index in [0.717, 1.165) is 12.1 Å². The van der Waals surface area contributed by atoms with Gasteiger partial charge in [-0.05, 0) is 24.6 Å². The van der Waals surface area contributed by atoms with Crippen molar-refractivity contribution in [3.63, 3.8) is 0 Å². The zero-order valence-corrected chi connectivity index (χ0v) is 11.5. The van der Waals surface area contributed by atoms with Gasteiger partial charge in [-0.15, -0.1) is 0 Å². The largest absolute Gasteiger partial charge is 0.356 e. The Morgan fingerprint density at radius 3 is 2.55 bits per heavy atom. The highest BCUT2D eigenvalue weighted by Gasteiger charge is 2.53. The first-order valence-corrected chi connectivity index (χ1v) is 6.56. The number of benzene rings is 1. The van der Waals surface area contributed by atoms with Crippen LogP contribution in [0, 0.1) is 17.5 Å². The van der Waals surface area contributed by atoms with Crippen LogP contribution in [0.2, 0.25) is 0 Å². The summed E-state index contributed by atoms with van der Waals surface area (Å²) in [4.78, 5) is 16.1. The predicted molar refractivity (Wildman–Crippen MR) is 71.6 cm³/mol. The molecular formula is C15H11F3N2O2. The molecule has 1 aliphatic heterocycles. The number of pyridine rings is 1. The molecule has 114 valence electrons. The molecule has 1 amide bonds. The van der Waals surface area contributed by atoms with Crippen molar-refractivity contribution in [3.05, 3.63) is 59.0 Å². The fourth-order valence-electron chi connectivity index (χ4n) is 2.59. The van der Waals surface area contributed by atoms with E-state index in [2.05, 4.69) is 10.3 Å². The fourth-order valence-corrected chi connectivity index (χ4v) is 2.59. The van der Waals surface area contributed by atoms with E-state index >= 15 is 0 Å². The van der Waals surface area contributed by atoms with Crippen molar-refractivity contribution in [3.8, 4) is 0 Å². The lowest BCUT2D eigenvalue weighted by atomic mass is 9.87. The third-order valence-corrected chi connectivity index (χ3v) is 3.49. The molecule has 0 spiro atoms. The van der Waals surface area contributed by atoms with Crippen LogP contribution in [0.4, 0.5) is 19.0 Å². The Hall–Kier alpha value is -2.41. The lowest BCUT2D eigenvalue weighted by molar-refractivity contribution is -0.135. The van der Waals surface area contributed by atoms with Gasteiger partial charge < -0.3 is 10.1 Å². The first-order valence-electron chi connectivity index (χ1n) is 6.56. The Morgan fingerprint density at radius 1 is 1.23 bits per heavy atom. The number of fused-ring (bicyclic) bond motifs is 1. The number of nitrogens with one attached hydrogen (secondary N) is 1. The first kappa shape index (κ1) is 14.5. The van der Waals surface area contributed by atoms with Gasteiger partial charge in [-0.25, -0.2) is 18.2 Å². The minimum Gasteiger partial charge on any atom is -0.356 e. The van der Waals surface area contributed by atoms with Crippen molar-refractivity contribution in [2.75, 3.05) is 11.9 Å². The lowest BCUT2D eigenvalue weighted by Gasteiger charge is -2.27. The summed E-state index contributed by atoms with van der Waals surface area (Å²) in [5.41, 5.74) is -2.03. The van der Waals surface area contributed by atoms with E-state index in [1.807, 2.05) is 0 Å². The molecule has 2 aromatic rings. The minimum absolute atomic E-state index is 0.0557. The number of hydrogen-bond acceptors (Lipinski definition) is 3. The van der Waals surface area contributed by atoms with Gasteiger partial charge in [-0.2, -0.15) is 0 Å². The molecule has 1 aromatic carbocycles. The number of carbonyl (C=O) groups excluding carboxylic acids is 1. The number of nitrogens with zero attached hydrogens (tertiary/aromatic N) is 1. The summed E-state index contributed by atoms with van der Waals surface area (Å²) in [6.07, 6.45) is 0.682. The van der Waals surface area contributed by atoms with E-state index in [-0.39, 0.29) is 23.6 Å². The Bertz CT molecular complexity index is 749. The molecule has 1 N–H and O–H groups in total. The van der Waals surface area contributed by atoms with Gasteiger partial charge in [0.05, 0.1) is 11.8 Å². The Balaban J connectivity index is 2.31. The molecule has 3 rings (SSSR count). The van der Waals surface area contributed by atoms with Gasteiger partial charge in [0.25, 0.3) is 5.91 Å². The van der Waals surface area contributed by atoms with Crippen LogP contribution in [0.5, 0.6) is 0 Å². The van der Waals surface area contributed by atoms with Gasteiger partial charge in [0, 0.05) is 6.61 Å². The highest BCUT2D eigenvalue weighted by atomic mass is 19.2. The summed E-state index contributed by atoms with van der Waals surface area (Å²) < 4.78 is 46.5. The summed E-state index contributed by atoms with van der Waals surface area (Å²) in [7, 11) is 0. The number of hydrogen-bond donors (Lipinski definition) is 1. The molecule has 1 aromatic heterocycles. The predicted octanol–water partition coefficient (Wildman–Crippen LogP) is 2.73. The zero-order chi connectivity index (χ0) is 15.9. The topological polar surface area (TPSA) is 51.2 Å². The maximum absolute atomic E-state index is 14.3. The van der Waals surface area contributed by atoms with Crippen molar-refractivity contribution < 1.29 is 22.7 Å². The molecule has 0 aliphatic carbocycles. The van der Waals surface area contributed by atoms with Crippen molar-refractivity contribution >= 4 is 11.7 Å². The number of rotatable bonds is 3. The highest BCUT2D eigenvalue weighted by molar-refractivity contribution is 6.06. The number of ether oxygens (including phenoxy) is 1. The zero-order valence-electron chi connectivity index (χ0n) is 11.5. The number of anilines is 1. The summed E-state index contributed by atoms with van der Waals surface area (Å²) in [5.74, 6) is -3.75. The van der Waals surface area contributed by atoms with Gasteiger partial charge in [0.15, 0.2) is 11.6 Å². The van der Waals surface area contributed by atoms with Crippen molar-refractivity contribution in [2.45, 2.75) is 12.5 Å². The monoisotopic (exact) mass is 308 g/mol. The molecule has 0 fully saturated rings. The second-order valence-electron chi connectivity index (χ2n) is 4.72. The van der Waals surface area contributed by atoms with E-state index in [1.54, 1.807) is 6.92 Å². The molecule has 0 radical (unpaired) electrons. The molecule has 0 bridgehead atoms. The van der Waals surface area contributed by atoms with Gasteiger partial charge in [-0.1, -0.05) is 12.1 Å². The highest BCUT2D eigenvalue weighted by Crippen LogP contribution is 2.44. The number of amides is 1. The standard InChI is InChI=1S/C15H11F3N2O2/c1-2-22-15(8-3-5-9(16)6-4-8)11-12(18)10(17)7-19-13(11)20-14(15)21/h3-7H,2H2,1H3,(H,19,20,21). The lowest BCUT2D eigenvalue weighted by Crippen LogP contribution is -2.39. The van der Waals surface area contributed by atoms with Crippen LogP contribution in [0.3, 0.4) is 0 Å². The van der Waals surface area contributed by atoms with E-state index in [1.165, 1.54) is 12.1 Å². The Kier molecular flexibility index (Phi) is 3.37. The van der Waals surface area contributed by atoms with Gasteiger partial charge in [-0.3, -0.25) is 4.79 Å². The maximum atomic E-state index is 14.3. The van der Waals surface area contributed by atoms with Crippen LogP contribution in [-0.4, -0.2) is 17.5 Å². The Labute approximate surface area is 123 Å². The number of halogens is 3.